The van der Waals surface area contributed by atoms with Crippen LogP contribution in [0.1, 0.15) is 51.4 Å². The van der Waals surface area contributed by atoms with Crippen molar-refractivity contribution >= 4 is 12.3 Å². The average Bonchev–Trinajstić information content (AvgIpc) is 3.23. The van der Waals surface area contributed by atoms with Gasteiger partial charge in [0.25, 0.3) is 0 Å². The van der Waals surface area contributed by atoms with E-state index >= 15 is 0 Å². The molecule has 0 aromatic carbocycles. The minimum Gasteiger partial charge on any atom is -0.434 e. The van der Waals surface area contributed by atoms with Crippen molar-refractivity contribution in [1.82, 2.24) is 0 Å². The zero-order chi connectivity index (χ0) is 14.2. The number of hydrogen-bond acceptors (Lipinski definition) is 6. The third-order valence-electron chi connectivity index (χ3n) is 3.33. The van der Waals surface area contributed by atoms with Crippen LogP contribution < -0.4 is 0 Å². The Morgan fingerprint density at radius 2 is 1.25 bits per heavy atom. The molecule has 0 spiro atoms. The van der Waals surface area contributed by atoms with E-state index in [0.717, 1.165) is 38.5 Å². The summed E-state index contributed by atoms with van der Waals surface area (Å²) in [5, 5.41) is 0. The van der Waals surface area contributed by atoms with Crippen LogP contribution in [0.2, 0.25) is 0 Å². The van der Waals surface area contributed by atoms with Gasteiger partial charge in [-0.15, -0.1) is 0 Å². The van der Waals surface area contributed by atoms with Crippen LogP contribution in [0, 0.1) is 0 Å². The first kappa shape index (κ1) is 14.9. The van der Waals surface area contributed by atoms with Gasteiger partial charge in [-0.25, -0.2) is 9.59 Å². The zero-order valence-electron chi connectivity index (χ0n) is 11.7. The van der Waals surface area contributed by atoms with Crippen molar-refractivity contribution in [2.75, 3.05) is 13.2 Å². The number of rotatable bonds is 6. The largest absolute Gasteiger partial charge is 0.508 e. The van der Waals surface area contributed by atoms with Crippen LogP contribution in [0.3, 0.4) is 0 Å². The van der Waals surface area contributed by atoms with E-state index in [1.165, 1.54) is 6.42 Å². The molecule has 114 valence electrons. The molecular formula is C14H22O6. The van der Waals surface area contributed by atoms with Crippen LogP contribution in [-0.2, 0) is 18.9 Å². The van der Waals surface area contributed by atoms with Gasteiger partial charge in [0, 0.05) is 6.42 Å². The molecule has 2 aliphatic carbocycles. The van der Waals surface area contributed by atoms with E-state index in [0.29, 0.717) is 6.42 Å². The van der Waals surface area contributed by atoms with E-state index < -0.39 is 12.3 Å². The fourth-order valence-electron chi connectivity index (χ4n) is 2.08. The van der Waals surface area contributed by atoms with Gasteiger partial charge in [-0.1, -0.05) is 6.42 Å². The average molecular weight is 286 g/mol. The van der Waals surface area contributed by atoms with Gasteiger partial charge in [0.15, 0.2) is 0 Å². The Bertz CT molecular complexity index is 320. The quantitative estimate of drug-likeness (QED) is 0.551. The molecule has 0 heterocycles. The maximum absolute atomic E-state index is 11.4. The van der Waals surface area contributed by atoms with Crippen molar-refractivity contribution in [2.24, 2.45) is 0 Å². The lowest BCUT2D eigenvalue weighted by atomic mass is 9.98. The molecule has 0 aromatic rings. The van der Waals surface area contributed by atoms with E-state index in [1.807, 2.05) is 0 Å². The summed E-state index contributed by atoms with van der Waals surface area (Å²) in [5.74, 6) is 0. The normalized spacial score (nSPS) is 19.2. The fraction of sp³-hybridized carbons (Fsp3) is 0.857. The maximum Gasteiger partial charge on any atom is 0.508 e. The predicted octanol–water partition coefficient (Wildman–Crippen LogP) is 3.18. The minimum atomic E-state index is -0.641. The lowest BCUT2D eigenvalue weighted by Crippen LogP contribution is -2.22. The summed E-state index contributed by atoms with van der Waals surface area (Å²) in [6.45, 7) is 0.366. The van der Waals surface area contributed by atoms with Crippen LogP contribution in [0.25, 0.3) is 0 Å². The molecule has 0 radical (unpaired) electrons. The molecule has 20 heavy (non-hydrogen) atoms. The Kier molecular flexibility index (Phi) is 5.95. The Morgan fingerprint density at radius 3 is 1.75 bits per heavy atom. The maximum atomic E-state index is 11.4. The van der Waals surface area contributed by atoms with Gasteiger partial charge in [-0.3, -0.25) is 0 Å². The number of carbonyl (C=O) groups excluding carboxylic acids is 2. The van der Waals surface area contributed by atoms with Gasteiger partial charge >= 0.3 is 12.3 Å². The second-order valence-electron chi connectivity index (χ2n) is 5.25. The smallest absolute Gasteiger partial charge is 0.434 e. The second kappa shape index (κ2) is 7.97. The molecule has 2 saturated carbocycles. The molecule has 0 bridgehead atoms. The summed E-state index contributed by atoms with van der Waals surface area (Å²) in [5.41, 5.74) is 0. The number of hydrogen-bond donors (Lipinski definition) is 0. The first-order valence-corrected chi connectivity index (χ1v) is 7.41. The van der Waals surface area contributed by atoms with Crippen molar-refractivity contribution in [2.45, 2.75) is 63.6 Å². The van der Waals surface area contributed by atoms with Crippen molar-refractivity contribution in [3.05, 3.63) is 0 Å². The molecule has 2 fully saturated rings. The summed E-state index contributed by atoms with van der Waals surface area (Å²) >= 11 is 0. The van der Waals surface area contributed by atoms with Crippen LogP contribution in [0.15, 0.2) is 0 Å². The van der Waals surface area contributed by atoms with Crippen molar-refractivity contribution in [3.8, 4) is 0 Å². The van der Waals surface area contributed by atoms with Crippen LogP contribution in [-0.4, -0.2) is 37.7 Å². The zero-order valence-corrected chi connectivity index (χ0v) is 11.7. The Labute approximate surface area is 118 Å². The predicted molar refractivity (Wildman–Crippen MR) is 69.4 cm³/mol. The van der Waals surface area contributed by atoms with E-state index in [-0.39, 0.29) is 25.4 Å². The first-order valence-electron chi connectivity index (χ1n) is 7.41. The molecule has 0 atom stereocenters. The highest BCUT2D eigenvalue weighted by molar-refractivity contribution is 5.60. The lowest BCUT2D eigenvalue weighted by molar-refractivity contribution is 0.00617. The Balaban J connectivity index is 1.43. The highest BCUT2D eigenvalue weighted by atomic mass is 16.7. The van der Waals surface area contributed by atoms with E-state index in [9.17, 15) is 9.59 Å². The lowest BCUT2D eigenvalue weighted by Gasteiger charge is -2.21. The fourth-order valence-corrected chi connectivity index (χ4v) is 2.08. The highest BCUT2D eigenvalue weighted by Crippen LogP contribution is 2.23. The molecule has 0 aliphatic heterocycles. The molecule has 0 amide bonds. The van der Waals surface area contributed by atoms with E-state index in [4.69, 9.17) is 18.9 Å². The molecular weight excluding hydrogens is 264 g/mol. The third kappa shape index (κ3) is 6.12. The van der Waals surface area contributed by atoms with Crippen LogP contribution >= 0.6 is 0 Å². The standard InChI is InChI=1S/C14H22O6/c15-13(19-11-5-2-1-3-6-11)17-9-4-10-18-14(16)20-12-7-8-12/h11-12H,1-10H2. The summed E-state index contributed by atoms with van der Waals surface area (Å²) in [4.78, 5) is 22.5. The molecule has 0 unspecified atom stereocenters. The third-order valence-corrected chi connectivity index (χ3v) is 3.33. The van der Waals surface area contributed by atoms with Gasteiger partial charge in [-0.2, -0.15) is 0 Å². The molecule has 2 rings (SSSR count). The molecule has 2 aliphatic rings. The van der Waals surface area contributed by atoms with Crippen molar-refractivity contribution in [1.29, 1.82) is 0 Å². The van der Waals surface area contributed by atoms with Gasteiger partial charge in [0.1, 0.15) is 12.2 Å². The van der Waals surface area contributed by atoms with Gasteiger partial charge in [0.05, 0.1) is 13.2 Å². The second-order valence-corrected chi connectivity index (χ2v) is 5.25. The SMILES string of the molecule is O=C(OCCCOC(=O)OC1CC1)OC1CCCCC1. The van der Waals surface area contributed by atoms with Gasteiger partial charge in [0.2, 0.25) is 0 Å². The topological polar surface area (TPSA) is 71.1 Å². The Morgan fingerprint density at radius 1 is 0.750 bits per heavy atom. The monoisotopic (exact) mass is 286 g/mol. The summed E-state index contributed by atoms with van der Waals surface area (Å²) in [6.07, 6.45) is 6.33. The minimum absolute atomic E-state index is 0.000944. The molecule has 6 heteroatoms. The van der Waals surface area contributed by atoms with E-state index in [1.54, 1.807) is 0 Å². The summed E-state index contributed by atoms with van der Waals surface area (Å²) < 4.78 is 19.8. The van der Waals surface area contributed by atoms with Crippen molar-refractivity contribution in [3.63, 3.8) is 0 Å². The van der Waals surface area contributed by atoms with Crippen molar-refractivity contribution < 1.29 is 28.5 Å². The molecule has 0 aromatic heterocycles. The molecule has 0 saturated heterocycles. The summed E-state index contributed by atoms with van der Waals surface area (Å²) in [6, 6.07) is 0. The van der Waals surface area contributed by atoms with Gasteiger partial charge in [-0.05, 0) is 38.5 Å². The number of carbonyl (C=O) groups is 2. The Hall–Kier alpha value is -1.46. The van der Waals surface area contributed by atoms with Crippen LogP contribution in [0.5, 0.6) is 0 Å². The van der Waals surface area contributed by atoms with E-state index in [2.05, 4.69) is 0 Å². The number of ether oxygens (including phenoxy) is 4. The molecule has 6 nitrogen and oxygen atoms in total. The van der Waals surface area contributed by atoms with Crippen LogP contribution in [0.4, 0.5) is 9.59 Å². The first-order chi connectivity index (χ1) is 9.74. The highest BCUT2D eigenvalue weighted by Gasteiger charge is 2.26. The van der Waals surface area contributed by atoms with Gasteiger partial charge < -0.3 is 18.9 Å². The molecule has 0 N–H and O–H groups in total. The summed E-state index contributed by atoms with van der Waals surface area (Å²) in [7, 11) is 0.